The zero-order valence-electron chi connectivity index (χ0n) is 17.5. The summed E-state index contributed by atoms with van der Waals surface area (Å²) in [6.45, 7) is 5.47. The first kappa shape index (κ1) is 19.8. The van der Waals surface area contributed by atoms with Crippen LogP contribution in [-0.2, 0) is 10.5 Å². The topological polar surface area (TPSA) is 54.0 Å². The number of rotatable bonds is 4. The molecule has 4 rings (SSSR count). The SMILES string of the molecule is COc1cc(C(=O)OC(C)(C)C)cc2c1OC(c1ccccc1)(c1ccccc1)O2. The molecule has 0 saturated carbocycles. The normalized spacial score (nSPS) is 14.3. The van der Waals surface area contributed by atoms with Crippen molar-refractivity contribution >= 4 is 5.97 Å². The molecule has 30 heavy (non-hydrogen) atoms. The van der Waals surface area contributed by atoms with E-state index in [0.717, 1.165) is 11.1 Å². The van der Waals surface area contributed by atoms with Gasteiger partial charge >= 0.3 is 11.8 Å². The lowest BCUT2D eigenvalue weighted by molar-refractivity contribution is -0.0467. The molecule has 5 nitrogen and oxygen atoms in total. The van der Waals surface area contributed by atoms with Crippen molar-refractivity contribution < 1.29 is 23.7 Å². The molecule has 0 radical (unpaired) electrons. The summed E-state index contributed by atoms with van der Waals surface area (Å²) in [5.41, 5.74) is 1.38. The van der Waals surface area contributed by atoms with E-state index in [4.69, 9.17) is 18.9 Å². The number of carbonyl (C=O) groups is 1. The van der Waals surface area contributed by atoms with Crippen molar-refractivity contribution in [2.75, 3.05) is 7.11 Å². The lowest BCUT2D eigenvalue weighted by atomic mass is 9.97. The summed E-state index contributed by atoms with van der Waals surface area (Å²) in [5, 5.41) is 0. The van der Waals surface area contributed by atoms with Crippen molar-refractivity contribution in [2.45, 2.75) is 32.2 Å². The van der Waals surface area contributed by atoms with Crippen molar-refractivity contribution in [3.05, 3.63) is 89.5 Å². The van der Waals surface area contributed by atoms with Gasteiger partial charge < -0.3 is 18.9 Å². The summed E-state index contributed by atoms with van der Waals surface area (Å²) in [5.74, 6) is -0.378. The van der Waals surface area contributed by atoms with Gasteiger partial charge in [0.1, 0.15) is 5.60 Å². The van der Waals surface area contributed by atoms with Crippen LogP contribution in [0.2, 0.25) is 0 Å². The van der Waals surface area contributed by atoms with Gasteiger partial charge in [0.05, 0.1) is 12.7 Å². The largest absolute Gasteiger partial charge is 0.493 e. The smallest absolute Gasteiger partial charge is 0.338 e. The standard InChI is InChI=1S/C25H24O5/c1-24(2,3)30-23(26)17-15-20(27-4)22-21(16-17)28-25(29-22,18-11-7-5-8-12-18)19-13-9-6-10-14-19/h5-16H,1-4H3. The molecule has 0 N–H and O–H groups in total. The van der Waals surface area contributed by atoms with Gasteiger partial charge in [-0.1, -0.05) is 60.7 Å². The summed E-state index contributed by atoms with van der Waals surface area (Å²) < 4.78 is 23.9. The molecule has 5 heteroatoms. The van der Waals surface area contributed by atoms with Crippen LogP contribution in [0.25, 0.3) is 0 Å². The van der Waals surface area contributed by atoms with Gasteiger partial charge in [-0.25, -0.2) is 4.79 Å². The Morgan fingerprint density at radius 2 is 1.43 bits per heavy atom. The van der Waals surface area contributed by atoms with Crippen LogP contribution in [0.4, 0.5) is 0 Å². The van der Waals surface area contributed by atoms with Crippen molar-refractivity contribution in [1.29, 1.82) is 0 Å². The highest BCUT2D eigenvalue weighted by atomic mass is 16.7. The lowest BCUT2D eigenvalue weighted by Gasteiger charge is -2.28. The Balaban J connectivity index is 1.82. The number of carbonyl (C=O) groups excluding carboxylic acids is 1. The number of fused-ring (bicyclic) bond motifs is 1. The zero-order valence-corrected chi connectivity index (χ0v) is 17.5. The van der Waals surface area contributed by atoms with E-state index in [0.29, 0.717) is 22.8 Å². The van der Waals surface area contributed by atoms with Gasteiger partial charge in [0, 0.05) is 11.1 Å². The van der Waals surface area contributed by atoms with Crippen LogP contribution in [0, 0.1) is 0 Å². The Hall–Kier alpha value is -3.47. The van der Waals surface area contributed by atoms with E-state index in [1.165, 1.54) is 7.11 Å². The maximum absolute atomic E-state index is 12.7. The second-order valence-corrected chi connectivity index (χ2v) is 8.06. The molecule has 0 bridgehead atoms. The maximum Gasteiger partial charge on any atom is 0.338 e. The van der Waals surface area contributed by atoms with Crippen molar-refractivity contribution in [3.63, 3.8) is 0 Å². The second-order valence-electron chi connectivity index (χ2n) is 8.06. The molecule has 0 spiro atoms. The summed E-state index contributed by atoms with van der Waals surface area (Å²) in [6, 6.07) is 22.6. The van der Waals surface area contributed by atoms with Gasteiger partial charge in [0.25, 0.3) is 0 Å². The number of hydrogen-bond donors (Lipinski definition) is 0. The minimum Gasteiger partial charge on any atom is -0.493 e. The molecular weight excluding hydrogens is 380 g/mol. The Kier molecular flexibility index (Phi) is 4.90. The van der Waals surface area contributed by atoms with Gasteiger partial charge in [-0.05, 0) is 32.9 Å². The van der Waals surface area contributed by atoms with Crippen LogP contribution in [0.15, 0.2) is 72.8 Å². The third kappa shape index (κ3) is 3.59. The number of benzene rings is 3. The van der Waals surface area contributed by atoms with Crippen molar-refractivity contribution in [1.82, 2.24) is 0 Å². The van der Waals surface area contributed by atoms with E-state index in [-0.39, 0.29) is 0 Å². The van der Waals surface area contributed by atoms with Crippen LogP contribution in [0.5, 0.6) is 17.2 Å². The Labute approximate surface area is 176 Å². The molecule has 3 aromatic rings. The number of methoxy groups -OCH3 is 1. The number of esters is 1. The zero-order chi connectivity index (χ0) is 21.4. The molecule has 0 atom stereocenters. The van der Waals surface area contributed by atoms with E-state index in [1.807, 2.05) is 81.4 Å². The fourth-order valence-corrected chi connectivity index (χ4v) is 3.40. The highest BCUT2D eigenvalue weighted by Crippen LogP contribution is 2.52. The Morgan fingerprint density at radius 3 is 1.93 bits per heavy atom. The first-order valence-electron chi connectivity index (χ1n) is 9.77. The summed E-state index contributed by atoms with van der Waals surface area (Å²) in [6.07, 6.45) is 0. The molecule has 1 aliphatic rings. The second kappa shape index (κ2) is 7.41. The van der Waals surface area contributed by atoms with E-state index in [1.54, 1.807) is 12.1 Å². The minimum atomic E-state index is -1.19. The average Bonchev–Trinajstić information content (AvgIpc) is 3.14. The first-order chi connectivity index (χ1) is 14.3. The van der Waals surface area contributed by atoms with E-state index < -0.39 is 17.4 Å². The van der Waals surface area contributed by atoms with E-state index in [9.17, 15) is 4.79 Å². The van der Waals surface area contributed by atoms with Crippen molar-refractivity contribution in [3.8, 4) is 17.2 Å². The maximum atomic E-state index is 12.7. The molecule has 0 aromatic heterocycles. The predicted molar refractivity (Wildman–Crippen MR) is 113 cm³/mol. The summed E-state index contributed by atoms with van der Waals surface area (Å²) in [4.78, 5) is 12.7. The molecule has 0 amide bonds. The highest BCUT2D eigenvalue weighted by molar-refractivity contribution is 5.91. The first-order valence-corrected chi connectivity index (χ1v) is 9.77. The molecule has 0 fully saturated rings. The van der Waals surface area contributed by atoms with Crippen LogP contribution in [0.3, 0.4) is 0 Å². The van der Waals surface area contributed by atoms with Crippen LogP contribution < -0.4 is 14.2 Å². The van der Waals surface area contributed by atoms with Crippen LogP contribution in [0.1, 0.15) is 42.3 Å². The number of hydrogen-bond acceptors (Lipinski definition) is 5. The van der Waals surface area contributed by atoms with Crippen molar-refractivity contribution in [2.24, 2.45) is 0 Å². The molecular formula is C25H24O5. The third-order valence-corrected chi connectivity index (χ3v) is 4.68. The van der Waals surface area contributed by atoms with Gasteiger partial charge in [-0.2, -0.15) is 0 Å². The molecule has 1 aliphatic heterocycles. The number of ether oxygens (including phenoxy) is 4. The van der Waals surface area contributed by atoms with Gasteiger partial charge in [0.2, 0.25) is 5.75 Å². The monoisotopic (exact) mass is 404 g/mol. The summed E-state index contributed by atoms with van der Waals surface area (Å²) >= 11 is 0. The molecule has 0 unspecified atom stereocenters. The Bertz CT molecular complexity index is 1010. The van der Waals surface area contributed by atoms with Gasteiger partial charge in [-0.3, -0.25) is 0 Å². The van der Waals surface area contributed by atoms with Gasteiger partial charge in [-0.15, -0.1) is 0 Å². The summed E-state index contributed by atoms with van der Waals surface area (Å²) in [7, 11) is 1.53. The fraction of sp³-hybridized carbons (Fsp3) is 0.240. The average molecular weight is 404 g/mol. The minimum absolute atomic E-state index is 0.334. The molecule has 3 aromatic carbocycles. The molecule has 0 saturated heterocycles. The van der Waals surface area contributed by atoms with Gasteiger partial charge in [0.15, 0.2) is 11.5 Å². The quantitative estimate of drug-likeness (QED) is 0.551. The highest BCUT2D eigenvalue weighted by Gasteiger charge is 2.47. The predicted octanol–water partition coefficient (Wildman–Crippen LogP) is 5.32. The van der Waals surface area contributed by atoms with E-state index in [2.05, 4.69) is 0 Å². The third-order valence-electron chi connectivity index (χ3n) is 4.68. The fourth-order valence-electron chi connectivity index (χ4n) is 3.40. The lowest BCUT2D eigenvalue weighted by Crippen LogP contribution is -2.36. The molecule has 1 heterocycles. The van der Waals surface area contributed by atoms with Crippen LogP contribution >= 0.6 is 0 Å². The molecule has 154 valence electrons. The Morgan fingerprint density at radius 1 is 0.867 bits per heavy atom. The van der Waals surface area contributed by atoms with E-state index >= 15 is 0 Å². The molecule has 0 aliphatic carbocycles. The van der Waals surface area contributed by atoms with Crippen LogP contribution in [-0.4, -0.2) is 18.7 Å².